The van der Waals surface area contributed by atoms with Crippen molar-refractivity contribution in [1.29, 1.82) is 0 Å². The third-order valence-electron chi connectivity index (χ3n) is 5.24. The van der Waals surface area contributed by atoms with Gasteiger partial charge in [0.2, 0.25) is 12.7 Å². The van der Waals surface area contributed by atoms with Gasteiger partial charge in [0.05, 0.1) is 0 Å². The van der Waals surface area contributed by atoms with Crippen LogP contribution in [0.3, 0.4) is 0 Å². The molecule has 2 aliphatic rings. The molecule has 31 heavy (non-hydrogen) atoms. The van der Waals surface area contributed by atoms with Crippen molar-refractivity contribution in [2.45, 2.75) is 49.6 Å². The number of carbonyl (C=O) groups excluding carboxylic acids is 4. The van der Waals surface area contributed by atoms with Gasteiger partial charge in [0.15, 0.2) is 15.2 Å². The van der Waals surface area contributed by atoms with E-state index in [0.29, 0.717) is 5.56 Å². The van der Waals surface area contributed by atoms with Gasteiger partial charge < -0.3 is 24.4 Å². The summed E-state index contributed by atoms with van der Waals surface area (Å²) in [6.07, 6.45) is -0.962. The minimum Gasteiger partial charge on any atom is -0.445 e. The van der Waals surface area contributed by atoms with E-state index in [-0.39, 0.29) is 6.61 Å². The first-order valence-electron chi connectivity index (χ1n) is 9.31. The van der Waals surface area contributed by atoms with Crippen LogP contribution in [-0.2, 0) is 45.0 Å². The first-order chi connectivity index (χ1) is 14.5. The zero-order chi connectivity index (χ0) is 23.0. The molecule has 1 aromatic rings. The molecule has 3 rings (SSSR count). The van der Waals surface area contributed by atoms with E-state index in [2.05, 4.69) is 10.1 Å². The molecule has 11 nitrogen and oxygen atoms in total. The lowest BCUT2D eigenvalue weighted by Crippen LogP contribution is -2.72. The number of carbonyl (C=O) groups is 4. The largest absolute Gasteiger partial charge is 0.445 e. The average molecular weight is 454 g/mol. The van der Waals surface area contributed by atoms with Crippen LogP contribution in [0, 0.1) is 0 Å². The van der Waals surface area contributed by atoms with Crippen LogP contribution in [0.5, 0.6) is 0 Å². The number of hydrogen-bond donors (Lipinski definition) is 1. The van der Waals surface area contributed by atoms with E-state index in [9.17, 15) is 27.6 Å². The van der Waals surface area contributed by atoms with Gasteiger partial charge in [-0.1, -0.05) is 30.3 Å². The molecule has 0 aliphatic carbocycles. The number of fused-ring (bicyclic) bond motifs is 1. The van der Waals surface area contributed by atoms with Gasteiger partial charge in [0.1, 0.15) is 23.4 Å². The van der Waals surface area contributed by atoms with E-state index >= 15 is 0 Å². The van der Waals surface area contributed by atoms with Crippen LogP contribution in [0.2, 0.25) is 0 Å². The number of esters is 2. The van der Waals surface area contributed by atoms with Crippen LogP contribution in [0.15, 0.2) is 30.3 Å². The first kappa shape index (κ1) is 22.5. The Labute approximate surface area is 178 Å². The van der Waals surface area contributed by atoms with E-state index in [0.717, 1.165) is 11.8 Å². The molecular formula is C19H22N2O9S. The van der Waals surface area contributed by atoms with Gasteiger partial charge in [-0.25, -0.2) is 18.0 Å². The Hall–Kier alpha value is -3.15. The molecule has 0 bridgehead atoms. The van der Waals surface area contributed by atoms with Crippen molar-refractivity contribution in [3.63, 3.8) is 0 Å². The lowest BCUT2D eigenvalue weighted by molar-refractivity contribution is -0.175. The van der Waals surface area contributed by atoms with Gasteiger partial charge >= 0.3 is 18.0 Å². The maximum absolute atomic E-state index is 13.0. The second-order valence-corrected chi connectivity index (χ2v) is 10.2. The molecule has 2 heterocycles. The summed E-state index contributed by atoms with van der Waals surface area (Å²) in [5.74, 6) is -2.48. The Morgan fingerprint density at radius 2 is 1.74 bits per heavy atom. The summed E-state index contributed by atoms with van der Waals surface area (Å²) in [4.78, 5) is 48.9. The third kappa shape index (κ3) is 3.94. The van der Waals surface area contributed by atoms with Gasteiger partial charge in [0.25, 0.3) is 0 Å². The average Bonchev–Trinajstić information content (AvgIpc) is 2.85. The number of nitrogens with one attached hydrogen (secondary N) is 1. The number of nitrogens with zero attached hydrogens (tertiary/aromatic N) is 1. The Morgan fingerprint density at radius 3 is 2.35 bits per heavy atom. The lowest BCUT2D eigenvalue weighted by Gasteiger charge is -2.42. The summed E-state index contributed by atoms with van der Waals surface area (Å²) in [6, 6.07) is 5.95. The molecule has 2 aliphatic heterocycles. The summed E-state index contributed by atoms with van der Waals surface area (Å²) in [7, 11) is -4.07. The molecule has 0 spiro atoms. The molecule has 1 aromatic carbocycles. The van der Waals surface area contributed by atoms with Gasteiger partial charge in [-0.2, -0.15) is 0 Å². The topological polar surface area (TPSA) is 145 Å². The molecule has 3 atom stereocenters. The molecule has 1 N–H and O–H groups in total. The number of amides is 2. The highest BCUT2D eigenvalue weighted by molar-refractivity contribution is 7.94. The predicted octanol–water partition coefficient (Wildman–Crippen LogP) is 0.0891. The molecule has 0 radical (unpaired) electrons. The van der Waals surface area contributed by atoms with E-state index in [1.807, 2.05) is 0 Å². The zero-order valence-corrected chi connectivity index (χ0v) is 17.9. The third-order valence-corrected chi connectivity index (χ3v) is 8.07. The zero-order valence-electron chi connectivity index (χ0n) is 17.1. The molecule has 2 amide bonds. The molecule has 0 aromatic heterocycles. The SMILES string of the molecule is CC(=O)OCOC(=O)[C@@H]1N2C(=O)[C@@H](NC(=O)OCc3ccccc3)[C@H]2S(=O)(=O)C1(C)C. The fraction of sp³-hybridized carbons (Fsp3) is 0.474. The minimum atomic E-state index is -4.07. The highest BCUT2D eigenvalue weighted by Gasteiger charge is 2.72. The highest BCUT2D eigenvalue weighted by atomic mass is 32.2. The summed E-state index contributed by atoms with van der Waals surface area (Å²) in [5.41, 5.74) is 0.712. The maximum atomic E-state index is 13.0. The Bertz CT molecular complexity index is 1010. The molecule has 168 valence electrons. The van der Waals surface area contributed by atoms with Gasteiger partial charge in [-0.05, 0) is 19.4 Å². The van der Waals surface area contributed by atoms with Gasteiger partial charge in [-0.15, -0.1) is 0 Å². The Kier molecular flexibility index (Phi) is 5.94. The maximum Gasteiger partial charge on any atom is 0.408 e. The Morgan fingerprint density at radius 1 is 1.10 bits per heavy atom. The number of ether oxygens (including phenoxy) is 3. The van der Waals surface area contributed by atoms with Crippen molar-refractivity contribution in [1.82, 2.24) is 10.2 Å². The standard InChI is InChI=1S/C19H22N2O9S/c1-11(22)29-10-30-17(24)14-19(2,3)31(26,27)16-13(15(23)21(14)16)20-18(25)28-9-12-7-5-4-6-8-12/h4-8,13-14,16H,9-10H2,1-3H3,(H,20,25)/t13-,14+,16-/m1/s1. The fourth-order valence-electron chi connectivity index (χ4n) is 3.56. The second-order valence-electron chi connectivity index (χ2n) is 7.59. The first-order valence-corrected chi connectivity index (χ1v) is 10.9. The monoisotopic (exact) mass is 454 g/mol. The fourth-order valence-corrected chi connectivity index (χ4v) is 5.77. The van der Waals surface area contributed by atoms with Crippen molar-refractivity contribution >= 4 is 33.8 Å². The lowest BCUT2D eigenvalue weighted by atomic mass is 9.96. The normalized spacial score (nSPS) is 25.1. The van der Waals surface area contributed by atoms with Gasteiger partial charge in [0, 0.05) is 6.92 Å². The van der Waals surface area contributed by atoms with Crippen molar-refractivity contribution < 1.29 is 41.8 Å². The van der Waals surface area contributed by atoms with Crippen molar-refractivity contribution in [2.75, 3.05) is 6.79 Å². The molecular weight excluding hydrogens is 432 g/mol. The highest BCUT2D eigenvalue weighted by Crippen LogP contribution is 2.46. The van der Waals surface area contributed by atoms with E-state index in [1.54, 1.807) is 30.3 Å². The van der Waals surface area contributed by atoms with E-state index < -0.39 is 62.8 Å². The molecule has 0 unspecified atom stereocenters. The number of hydrogen-bond acceptors (Lipinski definition) is 9. The Balaban J connectivity index is 1.70. The summed E-state index contributed by atoms with van der Waals surface area (Å²) < 4.78 is 38.7. The second kappa shape index (κ2) is 8.17. The molecule has 2 fully saturated rings. The van der Waals surface area contributed by atoms with Crippen LogP contribution in [0.1, 0.15) is 26.3 Å². The number of sulfone groups is 1. The van der Waals surface area contributed by atoms with Crippen LogP contribution >= 0.6 is 0 Å². The van der Waals surface area contributed by atoms with Crippen LogP contribution in [0.25, 0.3) is 0 Å². The number of rotatable bonds is 6. The number of β-lactam (4-membered cyclic amide) rings is 1. The molecule has 0 saturated carbocycles. The number of benzene rings is 1. The summed E-state index contributed by atoms with van der Waals surface area (Å²) >= 11 is 0. The van der Waals surface area contributed by atoms with Crippen molar-refractivity contribution in [3.8, 4) is 0 Å². The van der Waals surface area contributed by atoms with Crippen molar-refractivity contribution in [2.24, 2.45) is 0 Å². The van der Waals surface area contributed by atoms with E-state index in [4.69, 9.17) is 9.47 Å². The predicted molar refractivity (Wildman–Crippen MR) is 104 cm³/mol. The van der Waals surface area contributed by atoms with Gasteiger partial charge in [-0.3, -0.25) is 9.59 Å². The smallest absolute Gasteiger partial charge is 0.408 e. The summed E-state index contributed by atoms with van der Waals surface area (Å²) in [5, 5.41) is 0.826. The van der Waals surface area contributed by atoms with Crippen LogP contribution in [0.4, 0.5) is 4.79 Å². The van der Waals surface area contributed by atoms with Crippen molar-refractivity contribution in [3.05, 3.63) is 35.9 Å². The number of alkyl carbamates (subject to hydrolysis) is 1. The molecule has 12 heteroatoms. The molecule has 2 saturated heterocycles. The van der Waals surface area contributed by atoms with Crippen LogP contribution < -0.4 is 5.32 Å². The van der Waals surface area contributed by atoms with Crippen LogP contribution in [-0.4, -0.2) is 66.3 Å². The minimum absolute atomic E-state index is 0.0642. The quantitative estimate of drug-likeness (QED) is 0.359. The summed E-state index contributed by atoms with van der Waals surface area (Å²) in [6.45, 7) is 2.92. The van der Waals surface area contributed by atoms with E-state index in [1.165, 1.54) is 13.8 Å².